The third-order valence-corrected chi connectivity index (χ3v) is 3.64. The van der Waals surface area contributed by atoms with E-state index in [-0.39, 0.29) is 5.78 Å². The summed E-state index contributed by atoms with van der Waals surface area (Å²) in [4.78, 5) is 12.6. The van der Waals surface area contributed by atoms with Crippen LogP contribution in [0.25, 0.3) is 0 Å². The zero-order valence-corrected chi connectivity index (χ0v) is 12.6. The summed E-state index contributed by atoms with van der Waals surface area (Å²) in [5.74, 6) is -0.0810. The molecule has 2 aromatic carbocycles. The van der Waals surface area contributed by atoms with Crippen LogP contribution in [0.1, 0.15) is 32.6 Å². The number of halogens is 2. The normalized spacial score (nSPS) is 10.6. The summed E-state index contributed by atoms with van der Waals surface area (Å²) in [5, 5.41) is 0.934. The van der Waals surface area contributed by atoms with Crippen molar-refractivity contribution in [3.8, 4) is 0 Å². The third-order valence-electron chi connectivity index (χ3n) is 3.08. The number of aryl methyl sites for hydroxylation is 3. The van der Waals surface area contributed by atoms with Gasteiger partial charge in [0.15, 0.2) is 5.78 Å². The fraction of sp³-hybridized carbons (Fsp3) is 0.188. The van der Waals surface area contributed by atoms with Crippen LogP contribution in [0.3, 0.4) is 0 Å². The summed E-state index contributed by atoms with van der Waals surface area (Å²) >= 11 is 12.0. The van der Waals surface area contributed by atoms with Crippen LogP contribution < -0.4 is 0 Å². The van der Waals surface area contributed by atoms with Crippen LogP contribution in [-0.2, 0) is 0 Å². The Morgan fingerprint density at radius 2 is 1.53 bits per heavy atom. The molecule has 0 atom stereocenters. The Kier molecular flexibility index (Phi) is 3.98. The van der Waals surface area contributed by atoms with Crippen LogP contribution in [0.5, 0.6) is 0 Å². The largest absolute Gasteiger partial charge is 0.289 e. The molecule has 3 heteroatoms. The number of benzene rings is 2. The minimum absolute atomic E-state index is 0.0810. The van der Waals surface area contributed by atoms with Crippen LogP contribution >= 0.6 is 23.2 Å². The molecule has 0 spiro atoms. The van der Waals surface area contributed by atoms with Gasteiger partial charge in [0.2, 0.25) is 0 Å². The standard InChI is InChI=1S/C16H14Cl2O/c1-9-6-10(2)15(11(3)7-9)16(19)13-8-12(17)4-5-14(13)18/h4-8H,1-3H3. The molecule has 0 aromatic heterocycles. The molecule has 0 saturated carbocycles. The number of carbonyl (C=O) groups is 1. The maximum Gasteiger partial charge on any atom is 0.195 e. The van der Waals surface area contributed by atoms with Gasteiger partial charge in [-0.15, -0.1) is 0 Å². The Bertz CT molecular complexity index is 637. The predicted octanol–water partition coefficient (Wildman–Crippen LogP) is 5.15. The van der Waals surface area contributed by atoms with Crippen molar-refractivity contribution in [3.63, 3.8) is 0 Å². The van der Waals surface area contributed by atoms with Crippen molar-refractivity contribution in [3.05, 3.63) is 68.2 Å². The molecule has 0 fully saturated rings. The summed E-state index contributed by atoms with van der Waals surface area (Å²) < 4.78 is 0. The fourth-order valence-electron chi connectivity index (χ4n) is 2.34. The van der Waals surface area contributed by atoms with E-state index >= 15 is 0 Å². The molecule has 0 aliphatic carbocycles. The Labute approximate surface area is 123 Å². The molecule has 0 unspecified atom stereocenters. The van der Waals surface area contributed by atoms with Crippen LogP contribution in [0.4, 0.5) is 0 Å². The Hall–Kier alpha value is -1.31. The van der Waals surface area contributed by atoms with Gasteiger partial charge in [0.1, 0.15) is 0 Å². The van der Waals surface area contributed by atoms with Gasteiger partial charge in [-0.3, -0.25) is 4.79 Å². The Morgan fingerprint density at radius 1 is 0.947 bits per heavy atom. The van der Waals surface area contributed by atoms with Crippen molar-refractivity contribution in [1.82, 2.24) is 0 Å². The molecule has 0 radical (unpaired) electrons. The minimum Gasteiger partial charge on any atom is -0.289 e. The van der Waals surface area contributed by atoms with Gasteiger partial charge in [0.05, 0.1) is 5.02 Å². The highest BCUT2D eigenvalue weighted by Crippen LogP contribution is 2.26. The van der Waals surface area contributed by atoms with E-state index < -0.39 is 0 Å². The van der Waals surface area contributed by atoms with Gasteiger partial charge in [0.25, 0.3) is 0 Å². The Morgan fingerprint density at radius 3 is 2.11 bits per heavy atom. The van der Waals surface area contributed by atoms with Crippen molar-refractivity contribution >= 4 is 29.0 Å². The maximum absolute atomic E-state index is 12.6. The molecule has 0 bridgehead atoms. The SMILES string of the molecule is Cc1cc(C)c(C(=O)c2cc(Cl)ccc2Cl)c(C)c1. The fourth-order valence-corrected chi connectivity index (χ4v) is 2.72. The quantitative estimate of drug-likeness (QED) is 0.700. The first-order chi connectivity index (χ1) is 8.90. The summed E-state index contributed by atoms with van der Waals surface area (Å²) in [7, 11) is 0. The zero-order chi connectivity index (χ0) is 14.2. The summed E-state index contributed by atoms with van der Waals surface area (Å²) in [6.45, 7) is 5.89. The topological polar surface area (TPSA) is 17.1 Å². The average Bonchev–Trinajstić information content (AvgIpc) is 2.30. The first-order valence-corrected chi connectivity index (χ1v) is 6.73. The van der Waals surface area contributed by atoms with Gasteiger partial charge >= 0.3 is 0 Å². The molecular formula is C16H14Cl2O. The van der Waals surface area contributed by atoms with Gasteiger partial charge in [-0.05, 0) is 50.1 Å². The monoisotopic (exact) mass is 292 g/mol. The molecule has 19 heavy (non-hydrogen) atoms. The van der Waals surface area contributed by atoms with E-state index in [4.69, 9.17) is 23.2 Å². The smallest absolute Gasteiger partial charge is 0.195 e. The summed E-state index contributed by atoms with van der Waals surface area (Å²) in [6.07, 6.45) is 0. The van der Waals surface area contributed by atoms with Crippen LogP contribution in [0.2, 0.25) is 10.0 Å². The zero-order valence-electron chi connectivity index (χ0n) is 11.1. The second-order valence-electron chi connectivity index (χ2n) is 4.73. The van der Waals surface area contributed by atoms with Gasteiger partial charge < -0.3 is 0 Å². The molecule has 1 nitrogen and oxygen atoms in total. The minimum atomic E-state index is -0.0810. The first kappa shape index (κ1) is 14.1. The lowest BCUT2D eigenvalue weighted by molar-refractivity contribution is 0.103. The summed E-state index contributed by atoms with van der Waals surface area (Å²) in [5.41, 5.74) is 4.21. The third kappa shape index (κ3) is 2.83. The van der Waals surface area contributed by atoms with Gasteiger partial charge in [-0.1, -0.05) is 40.9 Å². The Balaban J connectivity index is 2.59. The molecule has 0 saturated heterocycles. The van der Waals surface area contributed by atoms with Crippen LogP contribution in [0, 0.1) is 20.8 Å². The van der Waals surface area contributed by atoms with E-state index in [9.17, 15) is 4.79 Å². The highest BCUT2D eigenvalue weighted by molar-refractivity contribution is 6.36. The number of hydrogen-bond donors (Lipinski definition) is 0. The van der Waals surface area contributed by atoms with Crippen molar-refractivity contribution in [2.75, 3.05) is 0 Å². The molecule has 2 aromatic rings. The maximum atomic E-state index is 12.6. The lowest BCUT2D eigenvalue weighted by Crippen LogP contribution is -2.07. The number of rotatable bonds is 2. The molecular weight excluding hydrogens is 279 g/mol. The van der Waals surface area contributed by atoms with E-state index in [2.05, 4.69) is 0 Å². The predicted molar refractivity (Wildman–Crippen MR) is 80.5 cm³/mol. The molecule has 0 aliphatic heterocycles. The molecule has 0 amide bonds. The van der Waals surface area contributed by atoms with Crippen molar-refractivity contribution in [2.45, 2.75) is 20.8 Å². The van der Waals surface area contributed by atoms with Gasteiger partial charge in [0, 0.05) is 16.1 Å². The van der Waals surface area contributed by atoms with Crippen molar-refractivity contribution in [2.24, 2.45) is 0 Å². The molecule has 0 heterocycles. The molecule has 0 aliphatic rings. The van der Waals surface area contributed by atoms with Crippen molar-refractivity contribution in [1.29, 1.82) is 0 Å². The highest BCUT2D eigenvalue weighted by atomic mass is 35.5. The highest BCUT2D eigenvalue weighted by Gasteiger charge is 2.17. The van der Waals surface area contributed by atoms with Crippen molar-refractivity contribution < 1.29 is 4.79 Å². The number of hydrogen-bond acceptors (Lipinski definition) is 1. The van der Waals surface area contributed by atoms with E-state index in [0.717, 1.165) is 16.7 Å². The second kappa shape index (κ2) is 5.36. The van der Waals surface area contributed by atoms with E-state index in [1.54, 1.807) is 18.2 Å². The number of ketones is 1. The average molecular weight is 293 g/mol. The van der Waals surface area contributed by atoms with Crippen LogP contribution in [-0.4, -0.2) is 5.78 Å². The number of carbonyl (C=O) groups excluding carboxylic acids is 1. The van der Waals surface area contributed by atoms with Crippen LogP contribution in [0.15, 0.2) is 30.3 Å². The second-order valence-corrected chi connectivity index (χ2v) is 5.57. The summed E-state index contributed by atoms with van der Waals surface area (Å²) in [6, 6.07) is 8.94. The van der Waals surface area contributed by atoms with E-state index in [1.807, 2.05) is 32.9 Å². The van der Waals surface area contributed by atoms with E-state index in [0.29, 0.717) is 21.2 Å². The lowest BCUT2D eigenvalue weighted by atomic mass is 9.93. The molecule has 0 N–H and O–H groups in total. The first-order valence-electron chi connectivity index (χ1n) is 5.97. The molecule has 2 rings (SSSR count). The molecule has 98 valence electrons. The van der Waals surface area contributed by atoms with Gasteiger partial charge in [-0.2, -0.15) is 0 Å². The lowest BCUT2D eigenvalue weighted by Gasteiger charge is -2.11. The van der Waals surface area contributed by atoms with E-state index in [1.165, 1.54) is 0 Å². The van der Waals surface area contributed by atoms with Gasteiger partial charge in [-0.25, -0.2) is 0 Å².